The lowest BCUT2D eigenvalue weighted by molar-refractivity contribution is -0.192. The minimum atomic E-state index is -5.08. The first-order valence-electron chi connectivity index (χ1n) is 7.37. The van der Waals surface area contributed by atoms with Crippen molar-refractivity contribution >= 4 is 35.1 Å². The average Bonchev–Trinajstić information content (AvgIpc) is 2.54. The number of carbonyl (C=O) groups excluding carboxylic acids is 1. The molecular weight excluding hydrogens is 416 g/mol. The molecule has 0 aliphatic carbocycles. The van der Waals surface area contributed by atoms with Crippen molar-refractivity contribution < 1.29 is 37.8 Å². The topological polar surface area (TPSA) is 122 Å². The summed E-state index contributed by atoms with van der Waals surface area (Å²) in [6.45, 7) is 4.03. The third-order valence-corrected chi connectivity index (χ3v) is 3.71. The summed E-state index contributed by atoms with van der Waals surface area (Å²) in [5, 5.41) is 20.3. The summed E-state index contributed by atoms with van der Waals surface area (Å²) in [4.78, 5) is 25.5. The number of nitrogens with one attached hydrogen (secondary N) is 1. The third-order valence-electron chi connectivity index (χ3n) is 3.14. The molecule has 0 aliphatic heterocycles. The zero-order valence-corrected chi connectivity index (χ0v) is 15.8. The predicted molar refractivity (Wildman–Crippen MR) is 92.0 cm³/mol. The van der Waals surface area contributed by atoms with E-state index in [0.29, 0.717) is 10.6 Å². The van der Waals surface area contributed by atoms with Gasteiger partial charge in [-0.1, -0.05) is 43.1 Å². The van der Waals surface area contributed by atoms with Crippen molar-refractivity contribution in [3.8, 4) is 0 Å². The van der Waals surface area contributed by atoms with Crippen LogP contribution < -0.4 is 11.2 Å². The fourth-order valence-electron chi connectivity index (χ4n) is 1.60. The number of alkyl halides is 3. The Morgan fingerprint density at radius 3 is 2.19 bits per heavy atom. The maximum Gasteiger partial charge on any atom is 0.490 e. The fourth-order valence-corrected chi connectivity index (χ4v) is 2.12. The van der Waals surface area contributed by atoms with Gasteiger partial charge in [0.15, 0.2) is 6.10 Å². The molecule has 0 spiro atoms. The normalized spacial score (nSPS) is 13.4. The Morgan fingerprint density at radius 1 is 1.30 bits per heavy atom. The molecule has 0 bridgehead atoms. The molecule has 7 nitrogen and oxygen atoms in total. The SMILES string of the molecule is CC(C)C(CNC(=O)C(O)c1ccc(Cl)cc1Cl)ON.O=C(O)C(F)(F)F. The van der Waals surface area contributed by atoms with E-state index in [2.05, 4.69) is 5.32 Å². The highest BCUT2D eigenvalue weighted by Gasteiger charge is 2.38. The fraction of sp³-hybridized carbons (Fsp3) is 0.467. The van der Waals surface area contributed by atoms with Crippen LogP contribution in [-0.4, -0.2) is 40.9 Å². The number of carboxylic acid groups (broad SMARTS) is 1. The summed E-state index contributed by atoms with van der Waals surface area (Å²) < 4.78 is 31.7. The zero-order valence-electron chi connectivity index (χ0n) is 14.3. The number of hydrogen-bond donors (Lipinski definition) is 4. The minimum Gasteiger partial charge on any atom is -0.475 e. The van der Waals surface area contributed by atoms with Gasteiger partial charge in [-0.2, -0.15) is 13.2 Å². The second kappa shape index (κ2) is 11.3. The van der Waals surface area contributed by atoms with Gasteiger partial charge >= 0.3 is 12.1 Å². The molecule has 0 aromatic heterocycles. The van der Waals surface area contributed by atoms with Crippen LogP contribution in [0.2, 0.25) is 10.0 Å². The van der Waals surface area contributed by atoms with Gasteiger partial charge in [-0.3, -0.25) is 9.63 Å². The molecule has 0 aliphatic rings. The second-order valence-electron chi connectivity index (χ2n) is 5.53. The Bertz CT molecular complexity index is 644. The van der Waals surface area contributed by atoms with Crippen LogP contribution >= 0.6 is 23.2 Å². The van der Waals surface area contributed by atoms with Gasteiger partial charge in [0.25, 0.3) is 5.91 Å². The van der Waals surface area contributed by atoms with E-state index >= 15 is 0 Å². The quantitative estimate of drug-likeness (QED) is 0.510. The summed E-state index contributed by atoms with van der Waals surface area (Å²) in [6, 6.07) is 4.53. The number of rotatable bonds is 6. The number of aliphatic hydroxyl groups excluding tert-OH is 1. The first-order valence-corrected chi connectivity index (χ1v) is 8.13. The third kappa shape index (κ3) is 9.25. The van der Waals surface area contributed by atoms with Crippen LogP contribution in [-0.2, 0) is 14.4 Å². The highest BCUT2D eigenvalue weighted by Crippen LogP contribution is 2.26. The van der Waals surface area contributed by atoms with Crippen molar-refractivity contribution in [3.63, 3.8) is 0 Å². The van der Waals surface area contributed by atoms with Gasteiger partial charge in [0.1, 0.15) is 0 Å². The molecule has 1 rings (SSSR count). The molecule has 1 aromatic rings. The van der Waals surface area contributed by atoms with Gasteiger partial charge in [0.05, 0.1) is 6.10 Å². The molecule has 1 aromatic carbocycles. The van der Waals surface area contributed by atoms with Crippen molar-refractivity contribution in [2.45, 2.75) is 32.2 Å². The van der Waals surface area contributed by atoms with Gasteiger partial charge in [-0.15, -0.1) is 0 Å². The maximum absolute atomic E-state index is 11.9. The van der Waals surface area contributed by atoms with Gasteiger partial charge in [-0.05, 0) is 18.1 Å². The molecule has 1 amide bonds. The highest BCUT2D eigenvalue weighted by atomic mass is 35.5. The number of halogens is 5. The summed E-state index contributed by atoms with van der Waals surface area (Å²) in [6.07, 6.45) is -6.78. The molecule has 0 heterocycles. The number of hydrogen-bond acceptors (Lipinski definition) is 5. The summed E-state index contributed by atoms with van der Waals surface area (Å²) >= 11 is 11.7. The van der Waals surface area contributed by atoms with E-state index in [4.69, 9.17) is 43.8 Å². The van der Waals surface area contributed by atoms with Crippen molar-refractivity contribution in [1.82, 2.24) is 5.32 Å². The summed E-state index contributed by atoms with van der Waals surface area (Å²) in [5.41, 5.74) is 0.295. The molecular formula is C15H19Cl2F3N2O5. The molecule has 154 valence electrons. The molecule has 27 heavy (non-hydrogen) atoms. The van der Waals surface area contributed by atoms with E-state index < -0.39 is 24.2 Å². The average molecular weight is 435 g/mol. The first-order chi connectivity index (χ1) is 12.3. The van der Waals surface area contributed by atoms with Gasteiger partial charge < -0.3 is 15.5 Å². The van der Waals surface area contributed by atoms with Crippen molar-refractivity contribution in [2.75, 3.05) is 6.54 Å². The molecule has 2 atom stereocenters. The lowest BCUT2D eigenvalue weighted by Gasteiger charge is -2.20. The van der Waals surface area contributed by atoms with Gasteiger partial charge in [0.2, 0.25) is 0 Å². The highest BCUT2D eigenvalue weighted by molar-refractivity contribution is 6.35. The van der Waals surface area contributed by atoms with Crippen LogP contribution in [0.4, 0.5) is 13.2 Å². The lowest BCUT2D eigenvalue weighted by atomic mass is 10.1. The number of amides is 1. The Balaban J connectivity index is 0.000000821. The maximum atomic E-state index is 11.9. The van der Waals surface area contributed by atoms with Crippen LogP contribution in [0.1, 0.15) is 25.5 Å². The first kappa shape index (κ1) is 25.4. The number of carboxylic acids is 1. The predicted octanol–water partition coefficient (Wildman–Crippen LogP) is 2.69. The van der Waals surface area contributed by atoms with Crippen molar-refractivity contribution in [1.29, 1.82) is 0 Å². The van der Waals surface area contributed by atoms with E-state index in [1.807, 2.05) is 13.8 Å². The largest absolute Gasteiger partial charge is 0.490 e. The van der Waals surface area contributed by atoms with E-state index in [1.165, 1.54) is 12.1 Å². The Labute approximate surface area is 163 Å². The molecule has 0 saturated heterocycles. The summed E-state index contributed by atoms with van der Waals surface area (Å²) in [7, 11) is 0. The molecule has 2 unspecified atom stereocenters. The van der Waals surface area contributed by atoms with E-state index in [1.54, 1.807) is 6.07 Å². The Hall–Kier alpha value is -1.59. The van der Waals surface area contributed by atoms with E-state index in [0.717, 1.165) is 0 Å². The molecule has 0 fully saturated rings. The molecule has 5 N–H and O–H groups in total. The number of carbonyl (C=O) groups is 2. The molecule has 0 radical (unpaired) electrons. The smallest absolute Gasteiger partial charge is 0.475 e. The number of benzene rings is 1. The molecule has 12 heteroatoms. The van der Waals surface area contributed by atoms with Crippen molar-refractivity contribution in [3.05, 3.63) is 33.8 Å². The minimum absolute atomic E-state index is 0.136. The Kier molecular flexibility index (Phi) is 10.6. The summed E-state index contributed by atoms with van der Waals surface area (Å²) in [5.74, 6) is 1.94. The van der Waals surface area contributed by atoms with Crippen LogP contribution in [0.25, 0.3) is 0 Å². The van der Waals surface area contributed by atoms with Crippen LogP contribution in [0, 0.1) is 5.92 Å². The van der Waals surface area contributed by atoms with Crippen molar-refractivity contribution in [2.24, 2.45) is 11.8 Å². The van der Waals surface area contributed by atoms with Gasteiger partial charge in [-0.25, -0.2) is 10.7 Å². The number of aliphatic carboxylic acids is 1. The van der Waals surface area contributed by atoms with E-state index in [-0.39, 0.29) is 23.6 Å². The number of aliphatic hydroxyl groups is 1. The van der Waals surface area contributed by atoms with Crippen LogP contribution in [0.3, 0.4) is 0 Å². The zero-order chi connectivity index (χ0) is 21.4. The monoisotopic (exact) mass is 434 g/mol. The molecule has 0 saturated carbocycles. The second-order valence-corrected chi connectivity index (χ2v) is 6.38. The van der Waals surface area contributed by atoms with Crippen LogP contribution in [0.15, 0.2) is 18.2 Å². The number of nitrogens with two attached hydrogens (primary N) is 1. The standard InChI is InChI=1S/C13H18Cl2N2O3.C2HF3O2/c1-7(2)11(20-16)6-17-13(19)12(18)9-4-3-8(14)5-10(9)15;3-2(4,5)1(6)7/h3-5,7,11-12,18H,6,16H2,1-2H3,(H,17,19);(H,6,7). The van der Waals surface area contributed by atoms with E-state index in [9.17, 15) is 23.1 Å². The van der Waals surface area contributed by atoms with Gasteiger partial charge in [0, 0.05) is 22.2 Å². The van der Waals surface area contributed by atoms with Crippen LogP contribution in [0.5, 0.6) is 0 Å². The Morgan fingerprint density at radius 2 is 1.81 bits per heavy atom. The lowest BCUT2D eigenvalue weighted by Crippen LogP contribution is -2.40.